The molecular formula is C32H24Br2N2O6. The molecule has 5 rings (SSSR count). The summed E-state index contributed by atoms with van der Waals surface area (Å²) in [5, 5.41) is 2.25. The molecule has 4 aromatic carbocycles. The number of hydrogen-bond donors (Lipinski definition) is 1. The van der Waals surface area contributed by atoms with E-state index in [9.17, 15) is 14.4 Å². The Labute approximate surface area is 259 Å². The summed E-state index contributed by atoms with van der Waals surface area (Å²) < 4.78 is 19.1. The third-order valence-corrected chi connectivity index (χ3v) is 7.40. The van der Waals surface area contributed by atoms with Crippen molar-refractivity contribution in [1.82, 2.24) is 5.32 Å². The lowest BCUT2D eigenvalue weighted by Crippen LogP contribution is -2.54. The Morgan fingerprint density at radius 1 is 0.738 bits per heavy atom. The van der Waals surface area contributed by atoms with Crippen LogP contribution < -0.4 is 24.4 Å². The van der Waals surface area contributed by atoms with Crippen LogP contribution in [0, 0.1) is 0 Å². The number of barbiturate groups is 1. The van der Waals surface area contributed by atoms with E-state index in [-0.39, 0.29) is 17.9 Å². The Morgan fingerprint density at radius 3 is 1.90 bits per heavy atom. The Morgan fingerprint density at radius 2 is 1.31 bits per heavy atom. The molecule has 0 bridgehead atoms. The summed E-state index contributed by atoms with van der Waals surface area (Å²) in [6.45, 7) is 0.600. The number of nitrogens with zero attached hydrogens (tertiary/aromatic N) is 1. The fourth-order valence-electron chi connectivity index (χ4n) is 4.11. The van der Waals surface area contributed by atoms with Crippen molar-refractivity contribution < 1.29 is 28.6 Å². The molecule has 1 aliphatic rings. The topological polar surface area (TPSA) is 94.2 Å². The first-order chi connectivity index (χ1) is 20.3. The minimum absolute atomic E-state index is 0.219. The van der Waals surface area contributed by atoms with Crippen LogP contribution in [-0.2, 0) is 22.8 Å². The van der Waals surface area contributed by atoms with Crippen molar-refractivity contribution in [1.29, 1.82) is 0 Å². The van der Waals surface area contributed by atoms with Crippen LogP contribution in [-0.4, -0.2) is 25.0 Å². The predicted octanol–water partition coefficient (Wildman–Crippen LogP) is 7.04. The number of rotatable bonds is 9. The summed E-state index contributed by atoms with van der Waals surface area (Å²) in [5.74, 6) is -0.0563. The van der Waals surface area contributed by atoms with E-state index >= 15 is 0 Å². The predicted molar refractivity (Wildman–Crippen MR) is 165 cm³/mol. The largest absolute Gasteiger partial charge is 0.497 e. The lowest BCUT2D eigenvalue weighted by molar-refractivity contribution is -0.122. The number of imide groups is 2. The molecule has 1 heterocycles. The van der Waals surface area contributed by atoms with Gasteiger partial charge in [-0.1, -0.05) is 56.1 Å². The van der Waals surface area contributed by atoms with Gasteiger partial charge in [0.05, 0.1) is 12.8 Å². The van der Waals surface area contributed by atoms with Gasteiger partial charge in [0.2, 0.25) is 0 Å². The summed E-state index contributed by atoms with van der Waals surface area (Å²) >= 11 is 6.82. The van der Waals surface area contributed by atoms with E-state index < -0.39 is 17.8 Å². The number of nitrogens with one attached hydrogen (secondary N) is 1. The van der Waals surface area contributed by atoms with Crippen LogP contribution in [0.4, 0.5) is 10.5 Å². The molecular weight excluding hydrogens is 668 g/mol. The van der Waals surface area contributed by atoms with Gasteiger partial charge in [-0.3, -0.25) is 14.9 Å². The van der Waals surface area contributed by atoms with Crippen molar-refractivity contribution in [3.8, 4) is 17.2 Å². The highest BCUT2D eigenvalue weighted by Gasteiger charge is 2.37. The van der Waals surface area contributed by atoms with Crippen molar-refractivity contribution >= 4 is 61.5 Å². The third-order valence-electron chi connectivity index (χ3n) is 6.34. The highest BCUT2D eigenvalue weighted by Crippen LogP contribution is 2.30. The molecule has 0 unspecified atom stereocenters. The fourth-order valence-corrected chi connectivity index (χ4v) is 4.64. The highest BCUT2D eigenvalue weighted by molar-refractivity contribution is 9.10. The fraction of sp³-hybridized carbons (Fsp3) is 0.0938. The summed E-state index contributed by atoms with van der Waals surface area (Å²) in [6.07, 6.45) is 1.41. The zero-order chi connectivity index (χ0) is 29.6. The van der Waals surface area contributed by atoms with Crippen LogP contribution >= 0.6 is 31.9 Å². The van der Waals surface area contributed by atoms with Crippen molar-refractivity contribution in [3.05, 3.63) is 122 Å². The molecule has 0 spiro atoms. The van der Waals surface area contributed by atoms with Crippen LogP contribution in [0.3, 0.4) is 0 Å². The van der Waals surface area contributed by atoms with E-state index in [4.69, 9.17) is 14.2 Å². The molecule has 0 atom stereocenters. The van der Waals surface area contributed by atoms with Crippen molar-refractivity contribution in [2.75, 3.05) is 12.0 Å². The molecule has 10 heteroatoms. The standard InChI is InChI=1S/C32H24Br2N2O6/c1-40-27-13-6-22(29(17-27)42-19-21-4-9-24(34)10-5-21)16-28-30(37)35-32(39)36(31(28)38)25-11-14-26(15-12-25)41-18-20-2-7-23(33)8-3-20/h2-17H,18-19H2,1H3,(H,35,37,39)/b28-16+. The Hall–Kier alpha value is -4.41. The molecule has 1 aliphatic heterocycles. The van der Waals surface area contributed by atoms with Gasteiger partial charge >= 0.3 is 6.03 Å². The lowest BCUT2D eigenvalue weighted by Gasteiger charge is -2.26. The van der Waals surface area contributed by atoms with Crippen molar-refractivity contribution in [2.45, 2.75) is 13.2 Å². The van der Waals surface area contributed by atoms with E-state index in [0.717, 1.165) is 25.0 Å². The minimum atomic E-state index is -0.841. The first-order valence-electron chi connectivity index (χ1n) is 12.7. The van der Waals surface area contributed by atoms with Crippen LogP contribution in [0.15, 0.2) is 106 Å². The molecule has 212 valence electrons. The maximum atomic E-state index is 13.5. The van der Waals surface area contributed by atoms with E-state index in [2.05, 4.69) is 37.2 Å². The number of ether oxygens (including phenoxy) is 3. The summed E-state index contributed by atoms with van der Waals surface area (Å²) in [7, 11) is 1.53. The second-order valence-electron chi connectivity index (χ2n) is 9.19. The van der Waals surface area contributed by atoms with Crippen LogP contribution in [0.5, 0.6) is 17.2 Å². The number of anilines is 1. The van der Waals surface area contributed by atoms with Gasteiger partial charge in [-0.15, -0.1) is 0 Å². The van der Waals surface area contributed by atoms with Gasteiger partial charge in [0, 0.05) is 20.6 Å². The van der Waals surface area contributed by atoms with Gasteiger partial charge < -0.3 is 14.2 Å². The molecule has 1 N–H and O–H groups in total. The second-order valence-corrected chi connectivity index (χ2v) is 11.0. The zero-order valence-electron chi connectivity index (χ0n) is 22.3. The number of halogens is 2. The number of urea groups is 1. The number of methoxy groups -OCH3 is 1. The molecule has 4 amide bonds. The van der Waals surface area contributed by atoms with Gasteiger partial charge in [-0.25, -0.2) is 9.69 Å². The Balaban J connectivity index is 1.36. The van der Waals surface area contributed by atoms with Crippen molar-refractivity contribution in [3.63, 3.8) is 0 Å². The first kappa shape index (κ1) is 29.1. The molecule has 1 fully saturated rings. The van der Waals surface area contributed by atoms with Crippen LogP contribution in [0.25, 0.3) is 6.08 Å². The third kappa shape index (κ3) is 6.89. The maximum absolute atomic E-state index is 13.5. The molecule has 1 saturated heterocycles. The number of amides is 4. The van der Waals surface area contributed by atoms with E-state index in [1.807, 2.05) is 48.5 Å². The molecule has 8 nitrogen and oxygen atoms in total. The van der Waals surface area contributed by atoms with Gasteiger partial charge in [-0.05, 0) is 77.9 Å². The molecule has 0 saturated carbocycles. The number of carbonyl (C=O) groups excluding carboxylic acids is 3. The quantitative estimate of drug-likeness (QED) is 0.149. The minimum Gasteiger partial charge on any atom is -0.497 e. The molecule has 0 aliphatic carbocycles. The first-order valence-corrected chi connectivity index (χ1v) is 14.3. The van der Waals surface area contributed by atoms with Crippen LogP contribution in [0.1, 0.15) is 16.7 Å². The van der Waals surface area contributed by atoms with E-state index in [0.29, 0.717) is 29.4 Å². The number of carbonyl (C=O) groups is 3. The lowest BCUT2D eigenvalue weighted by atomic mass is 10.1. The SMILES string of the molecule is COc1ccc(/C=C2\C(=O)NC(=O)N(c3ccc(OCc4ccc(Br)cc4)cc3)C2=O)c(OCc2ccc(Br)cc2)c1. The molecule has 0 aromatic heterocycles. The average molecular weight is 692 g/mol. The van der Waals surface area contributed by atoms with Gasteiger partial charge in [0.1, 0.15) is 36.0 Å². The Kier molecular flexibility index (Phi) is 9.04. The van der Waals surface area contributed by atoms with Gasteiger partial charge in [-0.2, -0.15) is 0 Å². The van der Waals surface area contributed by atoms with Crippen molar-refractivity contribution in [2.24, 2.45) is 0 Å². The molecule has 4 aromatic rings. The monoisotopic (exact) mass is 690 g/mol. The average Bonchev–Trinajstić information content (AvgIpc) is 2.99. The second kappa shape index (κ2) is 13.1. The summed E-state index contributed by atoms with van der Waals surface area (Å²) in [4.78, 5) is 39.9. The maximum Gasteiger partial charge on any atom is 0.335 e. The summed E-state index contributed by atoms with van der Waals surface area (Å²) in [6, 6.07) is 26.1. The Bertz CT molecular complexity index is 1650. The van der Waals surface area contributed by atoms with Gasteiger partial charge in [0.15, 0.2) is 0 Å². The normalized spacial score (nSPS) is 14.1. The molecule has 42 heavy (non-hydrogen) atoms. The zero-order valence-corrected chi connectivity index (χ0v) is 25.5. The number of hydrogen-bond acceptors (Lipinski definition) is 6. The summed E-state index contributed by atoms with van der Waals surface area (Å²) in [5.41, 5.74) is 2.45. The highest BCUT2D eigenvalue weighted by atomic mass is 79.9. The molecule has 0 radical (unpaired) electrons. The van der Waals surface area contributed by atoms with Gasteiger partial charge in [0.25, 0.3) is 11.8 Å². The van der Waals surface area contributed by atoms with E-state index in [1.165, 1.54) is 13.2 Å². The number of benzene rings is 4. The smallest absolute Gasteiger partial charge is 0.335 e. The van der Waals surface area contributed by atoms with E-state index in [1.54, 1.807) is 42.5 Å². The van der Waals surface area contributed by atoms with Crippen LogP contribution in [0.2, 0.25) is 0 Å².